The van der Waals surface area contributed by atoms with Gasteiger partial charge in [0.05, 0.1) is 12.1 Å². The maximum absolute atomic E-state index is 14.2. The molecule has 1 aliphatic rings. The van der Waals surface area contributed by atoms with E-state index in [0.717, 1.165) is 22.6 Å². The number of carboxylic acids is 1. The molecule has 2 rings (SSSR count). The van der Waals surface area contributed by atoms with Gasteiger partial charge in [-0.15, -0.1) is 0 Å². The van der Waals surface area contributed by atoms with Crippen LogP contribution in [0, 0.1) is 11.3 Å². The number of carbonyl (C=O) groups excluding carboxylic acids is 6. The second-order valence-electron chi connectivity index (χ2n) is 15.4. The molecule has 0 bridgehead atoms. The van der Waals surface area contributed by atoms with Crippen molar-refractivity contribution in [3.63, 3.8) is 0 Å². The molecule has 0 saturated carbocycles. The first kappa shape index (κ1) is 43.5. The van der Waals surface area contributed by atoms with Crippen LogP contribution in [0.1, 0.15) is 86.6 Å². The van der Waals surface area contributed by atoms with E-state index >= 15 is 0 Å². The highest BCUT2D eigenvalue weighted by molar-refractivity contribution is 6.12. The Balaban J connectivity index is 2.14. The van der Waals surface area contributed by atoms with Gasteiger partial charge in [0.2, 0.25) is 17.7 Å². The van der Waals surface area contributed by atoms with E-state index in [1.807, 2.05) is 78.8 Å². The molecule has 4 atom stereocenters. The molecule has 1 aliphatic heterocycles. The van der Waals surface area contributed by atoms with Crippen LogP contribution in [-0.2, 0) is 39.0 Å². The topological polar surface area (TPSA) is 182 Å². The minimum absolute atomic E-state index is 0.0448. The molecule has 0 fully saturated rings. The zero-order valence-corrected chi connectivity index (χ0v) is 32.2. The summed E-state index contributed by atoms with van der Waals surface area (Å²) < 4.78 is 0. The molecule has 5 amide bonds. The van der Waals surface area contributed by atoms with E-state index in [-0.39, 0.29) is 61.3 Å². The lowest BCUT2D eigenvalue weighted by molar-refractivity contribution is -0.142. The molecule has 0 aromatic heterocycles. The third kappa shape index (κ3) is 11.7. The lowest BCUT2D eigenvalue weighted by Gasteiger charge is -2.40. The van der Waals surface area contributed by atoms with Gasteiger partial charge in [-0.25, -0.2) is 4.79 Å². The van der Waals surface area contributed by atoms with E-state index in [2.05, 4.69) is 16.0 Å². The number of likely N-dealkylation sites (N-methyl/N-ethyl adjacent to an activating group) is 2. The smallest absolute Gasteiger partial charge is 0.326 e. The zero-order valence-electron chi connectivity index (χ0n) is 32.2. The number of carboxylic acid groups (broad SMARTS) is 1. The fourth-order valence-corrected chi connectivity index (χ4v) is 6.21. The summed E-state index contributed by atoms with van der Waals surface area (Å²) in [7, 11) is 3.32. The number of hydrogen-bond acceptors (Lipinski definition) is 8. The summed E-state index contributed by atoms with van der Waals surface area (Å²) in [5, 5.41) is 18.4. The van der Waals surface area contributed by atoms with E-state index in [0.29, 0.717) is 0 Å². The van der Waals surface area contributed by atoms with Crippen molar-refractivity contribution in [3.05, 3.63) is 59.7 Å². The summed E-state index contributed by atoms with van der Waals surface area (Å²) in [6.45, 7) is 14.9. The molecule has 52 heavy (non-hydrogen) atoms. The minimum Gasteiger partial charge on any atom is -0.480 e. The minimum atomic E-state index is -1.34. The van der Waals surface area contributed by atoms with Crippen molar-refractivity contribution < 1.29 is 38.7 Å². The predicted molar refractivity (Wildman–Crippen MR) is 198 cm³/mol. The largest absolute Gasteiger partial charge is 0.480 e. The molecule has 0 aliphatic carbocycles. The number of amides is 5. The lowest BCUT2D eigenvalue weighted by Crippen LogP contribution is -2.61. The highest BCUT2D eigenvalue weighted by Gasteiger charge is 2.41. The van der Waals surface area contributed by atoms with Gasteiger partial charge in [-0.3, -0.25) is 33.7 Å². The average Bonchev–Trinajstić information content (AvgIpc) is 3.39. The predicted octanol–water partition coefficient (Wildman–Crippen LogP) is 3.14. The number of benzene rings is 1. The van der Waals surface area contributed by atoms with Gasteiger partial charge in [0, 0.05) is 49.6 Å². The van der Waals surface area contributed by atoms with Crippen LogP contribution in [0.15, 0.2) is 54.1 Å². The Kier molecular flexibility index (Phi) is 15.7. The van der Waals surface area contributed by atoms with Crippen molar-refractivity contribution in [2.45, 2.75) is 111 Å². The monoisotopic (exact) mass is 723 g/mol. The van der Waals surface area contributed by atoms with Crippen molar-refractivity contribution >= 4 is 41.3 Å². The number of nitrogens with one attached hydrogen (secondary N) is 3. The van der Waals surface area contributed by atoms with Crippen LogP contribution >= 0.6 is 0 Å². The summed E-state index contributed by atoms with van der Waals surface area (Å²) in [4.78, 5) is 91.6. The van der Waals surface area contributed by atoms with Crippen molar-refractivity contribution in [2.24, 2.45) is 11.3 Å². The van der Waals surface area contributed by atoms with Gasteiger partial charge in [0.25, 0.3) is 11.8 Å². The maximum Gasteiger partial charge on any atom is 0.326 e. The molecular weight excluding hydrogens is 666 g/mol. The molecule has 1 heterocycles. The number of imide groups is 1. The number of hydrogen-bond donors (Lipinski definition) is 4. The average molecular weight is 724 g/mol. The lowest BCUT2D eigenvalue weighted by atomic mass is 9.76. The first-order valence-corrected chi connectivity index (χ1v) is 17.7. The molecule has 0 radical (unpaired) electrons. The Labute approximate surface area is 307 Å². The van der Waals surface area contributed by atoms with E-state index in [1.54, 1.807) is 20.2 Å². The summed E-state index contributed by atoms with van der Waals surface area (Å²) in [5.74, 6) is -3.95. The summed E-state index contributed by atoms with van der Waals surface area (Å²) in [6.07, 6.45) is 3.95. The molecule has 286 valence electrons. The van der Waals surface area contributed by atoms with Gasteiger partial charge in [-0.1, -0.05) is 84.9 Å². The van der Waals surface area contributed by atoms with Crippen molar-refractivity contribution in [2.75, 3.05) is 20.6 Å². The Morgan fingerprint density at radius 3 is 1.98 bits per heavy atom. The van der Waals surface area contributed by atoms with Crippen LogP contribution in [0.3, 0.4) is 0 Å². The molecule has 0 saturated heterocycles. The molecule has 13 nitrogen and oxygen atoms in total. The highest BCUT2D eigenvalue weighted by Crippen LogP contribution is 2.29. The van der Waals surface area contributed by atoms with Crippen LogP contribution in [0.4, 0.5) is 0 Å². The second kappa shape index (κ2) is 18.7. The Morgan fingerprint density at radius 2 is 1.48 bits per heavy atom. The van der Waals surface area contributed by atoms with Crippen LogP contribution < -0.4 is 16.0 Å². The van der Waals surface area contributed by atoms with Gasteiger partial charge >= 0.3 is 5.97 Å². The van der Waals surface area contributed by atoms with Gasteiger partial charge in [-0.2, -0.15) is 0 Å². The first-order valence-electron chi connectivity index (χ1n) is 17.7. The molecular formula is C39H57N5O8. The van der Waals surface area contributed by atoms with Crippen LogP contribution in [0.5, 0.6) is 0 Å². The van der Waals surface area contributed by atoms with Gasteiger partial charge < -0.3 is 26.0 Å². The van der Waals surface area contributed by atoms with Gasteiger partial charge in [0.1, 0.15) is 17.9 Å². The summed E-state index contributed by atoms with van der Waals surface area (Å²) >= 11 is 0. The standard InChI is InChI=1S/C39H57N5O8/c1-24(2)29(23-25(3)34(48)41-28(37(51)52)19-18-27(45)17-14-22-44-30(46)20-21-31(44)47)43(10)36(50)33(38(4,5)6)42-35(49)32(40-9)39(7,8)26-15-12-11-13-16-26/h11-13,15-16,20-21,23-24,28-29,32-33,40H,14,17-19,22H2,1-10H3,(H,41,48)(H,42,49)(H,51,52)/b25-23+/t28-,29+,32+,33+/m0/s1. The van der Waals surface area contributed by atoms with Crippen molar-refractivity contribution in [1.82, 2.24) is 25.8 Å². The summed E-state index contributed by atoms with van der Waals surface area (Å²) in [6, 6.07) is 6.14. The number of aliphatic carboxylic acids is 1. The molecule has 0 spiro atoms. The van der Waals surface area contributed by atoms with Crippen LogP contribution in [0.25, 0.3) is 0 Å². The van der Waals surface area contributed by atoms with Crippen molar-refractivity contribution in [3.8, 4) is 0 Å². The number of rotatable bonds is 19. The van der Waals surface area contributed by atoms with E-state index in [1.165, 1.54) is 11.8 Å². The maximum atomic E-state index is 14.2. The number of carbonyl (C=O) groups is 7. The normalized spacial score (nSPS) is 16.0. The fourth-order valence-electron chi connectivity index (χ4n) is 6.21. The second-order valence-corrected chi connectivity index (χ2v) is 15.4. The summed E-state index contributed by atoms with van der Waals surface area (Å²) in [5.41, 5.74) is -0.152. The number of nitrogens with zero attached hydrogens (tertiary/aromatic N) is 2. The molecule has 13 heteroatoms. The van der Waals surface area contributed by atoms with E-state index in [9.17, 15) is 38.7 Å². The number of ketones is 1. The quantitative estimate of drug-likeness (QED) is 0.123. The molecule has 0 unspecified atom stereocenters. The third-order valence-electron chi connectivity index (χ3n) is 9.50. The van der Waals surface area contributed by atoms with Gasteiger partial charge in [0.15, 0.2) is 0 Å². The fraction of sp³-hybridized carbons (Fsp3) is 0.564. The Morgan fingerprint density at radius 1 is 0.904 bits per heavy atom. The zero-order chi connectivity index (χ0) is 39.6. The Hall–Kier alpha value is -4.65. The van der Waals surface area contributed by atoms with Crippen molar-refractivity contribution in [1.29, 1.82) is 0 Å². The van der Waals surface area contributed by atoms with E-state index in [4.69, 9.17) is 0 Å². The molecule has 1 aromatic carbocycles. The number of Topliss-reactive ketones (excluding diaryl/α,β-unsaturated/α-hetero) is 1. The van der Waals surface area contributed by atoms with Crippen LogP contribution in [-0.4, -0.2) is 101 Å². The molecule has 4 N–H and O–H groups in total. The van der Waals surface area contributed by atoms with E-state index < -0.39 is 58.7 Å². The third-order valence-corrected chi connectivity index (χ3v) is 9.50. The molecule has 1 aromatic rings. The SMILES string of the molecule is CN[C@H](C(=O)N[C@H](C(=O)N(C)[C@H](/C=C(\C)C(=O)N[C@@H](CCC(=O)CCCN1C(=O)C=CC1=O)C(=O)O)C(C)C)C(C)(C)C)C(C)(C)c1ccccc1. The Bertz CT molecular complexity index is 1520. The first-order chi connectivity index (χ1) is 24.1. The van der Waals surface area contributed by atoms with Crippen LogP contribution in [0.2, 0.25) is 0 Å². The van der Waals surface area contributed by atoms with Gasteiger partial charge in [-0.05, 0) is 43.7 Å². The highest BCUT2D eigenvalue weighted by atomic mass is 16.4.